The van der Waals surface area contributed by atoms with E-state index in [0.717, 1.165) is 62.6 Å². The van der Waals surface area contributed by atoms with E-state index in [1.807, 2.05) is 20.8 Å². The molecule has 4 saturated carbocycles. The van der Waals surface area contributed by atoms with Crippen LogP contribution in [0.5, 0.6) is 11.5 Å². The molecule has 1 aromatic rings. The Morgan fingerprint density at radius 2 is 1.36 bits per heavy atom. The molecule has 0 aromatic heterocycles. The summed E-state index contributed by atoms with van der Waals surface area (Å²) in [6.07, 6.45) is 19.7. The highest BCUT2D eigenvalue weighted by Crippen LogP contribution is 2.47. The molecule has 5 fully saturated rings. The van der Waals surface area contributed by atoms with Crippen LogP contribution in [0.15, 0.2) is 24.3 Å². The van der Waals surface area contributed by atoms with Gasteiger partial charge in [-0.25, -0.2) is 5.06 Å². The van der Waals surface area contributed by atoms with Crippen LogP contribution in [0.2, 0.25) is 0 Å². The zero-order chi connectivity index (χ0) is 42.3. The number of carbonyl (C=O) groups excluding carboxylic acids is 5. The quantitative estimate of drug-likeness (QED) is 0.105. The van der Waals surface area contributed by atoms with Crippen molar-refractivity contribution >= 4 is 30.0 Å². The van der Waals surface area contributed by atoms with Crippen molar-refractivity contribution in [2.24, 2.45) is 58.7 Å². The largest absolute Gasteiger partial charge is 0.426 e. The van der Waals surface area contributed by atoms with Crippen LogP contribution < -0.4 is 14.8 Å². The molecule has 1 N–H and O–H groups in total. The van der Waals surface area contributed by atoms with Crippen molar-refractivity contribution in [3.05, 3.63) is 24.3 Å². The summed E-state index contributed by atoms with van der Waals surface area (Å²) in [5, 5.41) is 4.80. The second-order valence-electron chi connectivity index (χ2n) is 20.1. The van der Waals surface area contributed by atoms with E-state index in [1.54, 1.807) is 24.3 Å². The SMILES string of the molecule is CCCC(C)(CC)C1CCC(CC2CCC(NC(=O)C3CCC(C(=O)Oc4ccc(OC(=O)C5CCC6CON(C(C)(C)CC)C(=O)C6C5)cc4)CC3C=O)CC2)CC1. The molecule has 1 aliphatic heterocycles. The van der Waals surface area contributed by atoms with Gasteiger partial charge in [-0.15, -0.1) is 0 Å². The van der Waals surface area contributed by atoms with Crippen molar-refractivity contribution in [1.82, 2.24) is 10.4 Å². The number of nitrogens with zero attached hydrogens (tertiary/aromatic N) is 1. The molecule has 10 heteroatoms. The first-order valence-electron chi connectivity index (χ1n) is 23.5. The Morgan fingerprint density at radius 1 is 0.780 bits per heavy atom. The van der Waals surface area contributed by atoms with Crippen molar-refractivity contribution in [1.29, 1.82) is 0 Å². The minimum Gasteiger partial charge on any atom is -0.426 e. The fourth-order valence-corrected chi connectivity index (χ4v) is 11.5. The number of hydroxylamine groups is 2. The molecular weight excluding hydrogens is 745 g/mol. The van der Waals surface area contributed by atoms with Gasteiger partial charge in [0.15, 0.2) is 0 Å². The van der Waals surface area contributed by atoms with Gasteiger partial charge in [0, 0.05) is 23.8 Å². The number of ether oxygens (including phenoxy) is 2. The van der Waals surface area contributed by atoms with Crippen LogP contribution in [0.25, 0.3) is 0 Å². The number of rotatable bonds is 15. The highest BCUT2D eigenvalue weighted by molar-refractivity contribution is 5.84. The lowest BCUT2D eigenvalue weighted by molar-refractivity contribution is -0.251. The molecule has 10 nitrogen and oxygen atoms in total. The molecule has 1 heterocycles. The van der Waals surface area contributed by atoms with Gasteiger partial charge in [-0.2, -0.15) is 0 Å². The molecular formula is C49H74N2O8. The molecule has 2 amide bonds. The van der Waals surface area contributed by atoms with E-state index in [-0.39, 0.29) is 42.1 Å². The summed E-state index contributed by atoms with van der Waals surface area (Å²) in [6, 6.07) is 6.54. The monoisotopic (exact) mass is 819 g/mol. The van der Waals surface area contributed by atoms with Gasteiger partial charge >= 0.3 is 11.9 Å². The Labute approximate surface area is 354 Å². The molecule has 6 rings (SSSR count). The standard InChI is InChI=1S/C49H74N2O8/c1-7-26-49(6,9-3)38-17-10-32(11-18-38)27-33-12-19-39(20-13-33)50-44(53)42-25-16-34(28-37(42)30-52)46(55)58-40-21-23-41(24-22-40)59-47(56)35-14-15-36-31-57-51(48(4,5)8-2)45(54)43(36)29-35/h21-24,30,32-39,42-43H,7-20,25-29,31H2,1-6H3,(H,50,53). The third-order valence-electron chi connectivity index (χ3n) is 16.0. The van der Waals surface area contributed by atoms with E-state index in [2.05, 4.69) is 26.1 Å². The van der Waals surface area contributed by atoms with E-state index in [0.29, 0.717) is 49.2 Å². The molecule has 1 saturated heterocycles. The maximum atomic E-state index is 13.5. The highest BCUT2D eigenvalue weighted by Gasteiger charge is 2.47. The summed E-state index contributed by atoms with van der Waals surface area (Å²) < 4.78 is 11.4. The summed E-state index contributed by atoms with van der Waals surface area (Å²) in [4.78, 5) is 71.4. The number of fused-ring (bicyclic) bond motifs is 1. The van der Waals surface area contributed by atoms with Gasteiger partial charge in [-0.1, -0.05) is 53.4 Å². The number of aldehydes is 1. The maximum absolute atomic E-state index is 13.5. The Bertz CT molecular complexity index is 1590. The average molecular weight is 819 g/mol. The lowest BCUT2D eigenvalue weighted by Crippen LogP contribution is -2.56. The van der Waals surface area contributed by atoms with Crippen molar-refractivity contribution < 1.29 is 38.3 Å². The average Bonchev–Trinajstić information content (AvgIpc) is 3.25. The van der Waals surface area contributed by atoms with Gasteiger partial charge in [-0.05, 0) is 164 Å². The van der Waals surface area contributed by atoms with Crippen LogP contribution in [-0.4, -0.2) is 53.3 Å². The Hall–Kier alpha value is -3.27. The third kappa shape index (κ3) is 11.0. The molecule has 59 heavy (non-hydrogen) atoms. The molecule has 0 radical (unpaired) electrons. The topological polar surface area (TPSA) is 128 Å². The zero-order valence-electron chi connectivity index (χ0n) is 37.0. The van der Waals surface area contributed by atoms with Gasteiger partial charge < -0.3 is 19.6 Å². The number of benzene rings is 1. The number of hydrogen-bond donors (Lipinski definition) is 1. The smallest absolute Gasteiger partial charge is 0.314 e. The summed E-state index contributed by atoms with van der Waals surface area (Å²) in [5.41, 5.74) is 0.0825. The fraction of sp³-hybridized carbons (Fsp3) is 0.776. The van der Waals surface area contributed by atoms with Crippen LogP contribution in [0.4, 0.5) is 0 Å². The van der Waals surface area contributed by atoms with E-state index in [4.69, 9.17) is 14.3 Å². The number of amides is 2. The van der Waals surface area contributed by atoms with Crippen LogP contribution in [-0.2, 0) is 28.8 Å². The summed E-state index contributed by atoms with van der Waals surface area (Å²) >= 11 is 0. The van der Waals surface area contributed by atoms with Crippen LogP contribution >= 0.6 is 0 Å². The molecule has 1 aromatic carbocycles. The van der Waals surface area contributed by atoms with Crippen molar-refractivity contribution in [3.63, 3.8) is 0 Å². The number of esters is 2. The lowest BCUT2D eigenvalue weighted by atomic mass is 9.63. The molecule has 4 aliphatic carbocycles. The first-order valence-corrected chi connectivity index (χ1v) is 23.5. The normalized spacial score (nSPS) is 32.6. The second kappa shape index (κ2) is 20.1. The van der Waals surface area contributed by atoms with Crippen LogP contribution in [0, 0.1) is 58.7 Å². The highest BCUT2D eigenvalue weighted by atomic mass is 16.7. The van der Waals surface area contributed by atoms with Gasteiger partial charge in [0.25, 0.3) is 0 Å². The number of nitrogens with one attached hydrogen (secondary N) is 1. The number of hydrogen-bond acceptors (Lipinski definition) is 8. The zero-order valence-corrected chi connectivity index (χ0v) is 37.0. The minimum atomic E-state index is -0.533. The lowest BCUT2D eigenvalue weighted by Gasteiger charge is -2.46. The summed E-state index contributed by atoms with van der Waals surface area (Å²) in [5.74, 6) is 0.212. The van der Waals surface area contributed by atoms with Crippen LogP contribution in [0.3, 0.4) is 0 Å². The first-order chi connectivity index (χ1) is 28.3. The Balaban J connectivity index is 0.902. The summed E-state index contributed by atoms with van der Waals surface area (Å²) in [7, 11) is 0. The second-order valence-corrected chi connectivity index (χ2v) is 20.1. The molecule has 0 spiro atoms. The van der Waals surface area contributed by atoms with Crippen LogP contribution in [0.1, 0.15) is 164 Å². The predicted molar refractivity (Wildman–Crippen MR) is 227 cm³/mol. The van der Waals surface area contributed by atoms with Gasteiger partial charge in [-0.3, -0.25) is 24.0 Å². The molecule has 7 unspecified atom stereocenters. The van der Waals surface area contributed by atoms with E-state index < -0.39 is 35.2 Å². The predicted octanol–water partition coefficient (Wildman–Crippen LogP) is 9.81. The van der Waals surface area contributed by atoms with E-state index in [9.17, 15) is 24.0 Å². The molecule has 5 aliphatic rings. The Kier molecular flexibility index (Phi) is 15.4. The Morgan fingerprint density at radius 3 is 1.92 bits per heavy atom. The third-order valence-corrected chi connectivity index (χ3v) is 16.0. The molecule has 328 valence electrons. The van der Waals surface area contributed by atoms with Gasteiger partial charge in [0.2, 0.25) is 11.8 Å². The van der Waals surface area contributed by atoms with Gasteiger partial charge in [0.1, 0.15) is 17.8 Å². The van der Waals surface area contributed by atoms with Crippen molar-refractivity contribution in [3.8, 4) is 11.5 Å². The first kappa shape index (κ1) is 45.3. The van der Waals surface area contributed by atoms with Gasteiger partial charge in [0.05, 0.1) is 24.0 Å². The van der Waals surface area contributed by atoms with E-state index >= 15 is 0 Å². The molecule has 7 atom stereocenters. The van der Waals surface area contributed by atoms with E-state index in [1.165, 1.54) is 56.4 Å². The number of carbonyl (C=O) groups is 5. The minimum absolute atomic E-state index is 0.0540. The summed E-state index contributed by atoms with van der Waals surface area (Å²) in [6.45, 7) is 13.7. The van der Waals surface area contributed by atoms with Crippen molar-refractivity contribution in [2.75, 3.05) is 6.61 Å². The maximum Gasteiger partial charge on any atom is 0.314 e. The fourth-order valence-electron chi connectivity index (χ4n) is 11.5. The molecule has 0 bridgehead atoms. The van der Waals surface area contributed by atoms with Crippen molar-refractivity contribution in [2.45, 2.75) is 175 Å².